The molecule has 0 atom stereocenters. The van der Waals surface area contributed by atoms with Crippen LogP contribution < -0.4 is 0 Å². The van der Waals surface area contributed by atoms with Gasteiger partial charge in [0, 0.05) is 0 Å². The van der Waals surface area contributed by atoms with Gasteiger partial charge >= 0.3 is 44.5 Å². The number of hydrogen-bond acceptors (Lipinski definition) is 2. The van der Waals surface area contributed by atoms with Gasteiger partial charge in [-0.3, -0.25) is 0 Å². The van der Waals surface area contributed by atoms with Crippen molar-refractivity contribution in [1.82, 2.24) is 0 Å². The van der Waals surface area contributed by atoms with Crippen molar-refractivity contribution in [3.05, 3.63) is 0 Å². The summed E-state index contributed by atoms with van der Waals surface area (Å²) in [5, 5.41) is 15.4. The van der Waals surface area contributed by atoms with Crippen LogP contribution in [0, 0.1) is 0 Å². The zero-order valence-electron chi connectivity index (χ0n) is 3.06. The molecule has 0 rings (SSSR count). The van der Waals surface area contributed by atoms with Gasteiger partial charge in [0.2, 0.25) is 0 Å². The quantitative estimate of drug-likeness (QED) is 0.553. The van der Waals surface area contributed by atoms with Gasteiger partial charge in [0.15, 0.2) is 0 Å². The molecule has 42 valence electrons. The standard InChI is InChI=1S/2CHO2.Fe/c2*2-1-3;/h2*(H,2,3);. The Morgan fingerprint density at radius 3 is 1.43 bits per heavy atom. The van der Waals surface area contributed by atoms with Gasteiger partial charge in [-0.25, -0.2) is 0 Å². The molecule has 0 unspecified atom stereocenters. The van der Waals surface area contributed by atoms with Gasteiger partial charge in [-0.15, -0.1) is 0 Å². The van der Waals surface area contributed by atoms with Crippen LogP contribution in [-0.4, -0.2) is 19.9 Å². The van der Waals surface area contributed by atoms with E-state index in [2.05, 4.69) is 0 Å². The fourth-order valence-corrected chi connectivity index (χ4v) is 0.267. The number of rotatable bonds is 2. The molecule has 0 radical (unpaired) electrons. The van der Waals surface area contributed by atoms with Gasteiger partial charge in [0.1, 0.15) is 0 Å². The number of carbonyl (C=O) groups is 2. The zero-order valence-corrected chi connectivity index (χ0v) is 4.17. The van der Waals surface area contributed by atoms with Crippen molar-refractivity contribution < 1.29 is 34.8 Å². The third-order valence-electron chi connectivity index (χ3n) is 0.151. The Morgan fingerprint density at radius 2 is 1.43 bits per heavy atom. The van der Waals surface area contributed by atoms with E-state index in [-0.39, 0.29) is 0 Å². The summed E-state index contributed by atoms with van der Waals surface area (Å²) >= 11 is -0.806. The third kappa shape index (κ3) is 5.46. The SMILES string of the molecule is O=[C](O)[Fe][C](=O)O. The maximum atomic E-state index is 9.43. The molecule has 5 heteroatoms. The molecule has 0 aliphatic rings. The molecule has 0 spiro atoms. The Kier molecular flexibility index (Phi) is 2.40. The van der Waals surface area contributed by atoms with Crippen molar-refractivity contribution in [3.8, 4) is 0 Å². The van der Waals surface area contributed by atoms with Crippen molar-refractivity contribution in [3.63, 3.8) is 0 Å². The van der Waals surface area contributed by atoms with E-state index in [4.69, 9.17) is 10.2 Å². The summed E-state index contributed by atoms with van der Waals surface area (Å²) in [5.74, 6) is 0. The molecule has 0 aromatic heterocycles. The molecular weight excluding hydrogens is 144 g/mol. The number of hydrogen-bond donors (Lipinski definition) is 2. The first-order valence-corrected chi connectivity index (χ1v) is 2.31. The fraction of sp³-hybridized carbons (Fsp3) is 0. The van der Waals surface area contributed by atoms with E-state index in [1.807, 2.05) is 0 Å². The fourth-order valence-electron chi connectivity index (χ4n) is 0.0647. The van der Waals surface area contributed by atoms with E-state index >= 15 is 0 Å². The molecule has 2 N–H and O–H groups in total. The predicted molar refractivity (Wildman–Crippen MR) is 16.0 cm³/mol. The molecule has 0 aromatic rings. The van der Waals surface area contributed by atoms with Crippen LogP contribution in [-0.2, 0) is 15.0 Å². The summed E-state index contributed by atoms with van der Waals surface area (Å²) in [7, 11) is 0. The first-order valence-electron chi connectivity index (χ1n) is 1.21. The molecule has 0 heterocycles. The summed E-state index contributed by atoms with van der Waals surface area (Å²) in [6, 6.07) is 0. The van der Waals surface area contributed by atoms with Crippen LogP contribution in [0.5, 0.6) is 0 Å². The summed E-state index contributed by atoms with van der Waals surface area (Å²) in [5.41, 5.74) is 0. The van der Waals surface area contributed by atoms with Crippen LogP contribution >= 0.6 is 0 Å². The molecule has 0 saturated carbocycles. The first-order chi connectivity index (χ1) is 3.13. The summed E-state index contributed by atoms with van der Waals surface area (Å²) in [4.78, 5) is 16.2. The normalized spacial score (nSPS) is 8.57. The second-order valence-electron chi connectivity index (χ2n) is 0.573. The van der Waals surface area contributed by atoms with Crippen LogP contribution in [0.3, 0.4) is 0 Å². The molecule has 4 nitrogen and oxygen atoms in total. The monoisotopic (exact) mass is 146 g/mol. The van der Waals surface area contributed by atoms with Crippen molar-refractivity contribution in [1.29, 1.82) is 0 Å². The Balaban J connectivity index is 3.32. The second-order valence-corrected chi connectivity index (χ2v) is 1.79. The van der Waals surface area contributed by atoms with Crippen LogP contribution in [0.15, 0.2) is 0 Å². The molecule has 0 bridgehead atoms. The molecule has 7 heavy (non-hydrogen) atoms. The predicted octanol–water partition coefficient (Wildman–Crippen LogP) is 0.425. The summed E-state index contributed by atoms with van der Waals surface area (Å²) < 4.78 is 0. The Bertz CT molecular complexity index is 85.9. The molecule has 0 aliphatic heterocycles. The van der Waals surface area contributed by atoms with E-state index in [0.717, 1.165) is 0 Å². The zero-order chi connectivity index (χ0) is 5.86. The molecule has 0 saturated heterocycles. The Hall–Kier alpha value is -0.541. The Labute approximate surface area is 45.3 Å². The van der Waals surface area contributed by atoms with Gasteiger partial charge < -0.3 is 0 Å². The van der Waals surface area contributed by atoms with Crippen molar-refractivity contribution in [2.45, 2.75) is 0 Å². The molecule has 0 amide bonds. The Morgan fingerprint density at radius 1 is 1.14 bits per heavy atom. The van der Waals surface area contributed by atoms with Crippen molar-refractivity contribution >= 4 is 9.74 Å². The van der Waals surface area contributed by atoms with Gasteiger partial charge in [0.25, 0.3) is 0 Å². The number of carboxylic acid groups (broad SMARTS) is 2. The van der Waals surface area contributed by atoms with E-state index < -0.39 is 24.7 Å². The molecule has 0 fully saturated rings. The molecule has 0 aliphatic carbocycles. The maximum absolute atomic E-state index is 9.43. The average Bonchev–Trinajstić information content (AvgIpc) is 1.27. The van der Waals surface area contributed by atoms with Gasteiger partial charge in [0.05, 0.1) is 0 Å². The van der Waals surface area contributed by atoms with E-state index in [0.29, 0.717) is 0 Å². The van der Waals surface area contributed by atoms with Gasteiger partial charge in [-0.1, -0.05) is 0 Å². The first kappa shape index (κ1) is 6.46. The third-order valence-corrected chi connectivity index (χ3v) is 0.624. The van der Waals surface area contributed by atoms with E-state index in [9.17, 15) is 9.59 Å². The minimum absolute atomic E-state index is 0.806. The van der Waals surface area contributed by atoms with Gasteiger partial charge in [-0.05, 0) is 0 Å². The summed E-state index contributed by atoms with van der Waals surface area (Å²) in [6.07, 6.45) is 0. The summed E-state index contributed by atoms with van der Waals surface area (Å²) in [6.45, 7) is 0. The van der Waals surface area contributed by atoms with Crippen LogP contribution in [0.1, 0.15) is 0 Å². The topological polar surface area (TPSA) is 74.6 Å². The van der Waals surface area contributed by atoms with Crippen LogP contribution in [0.4, 0.5) is 9.59 Å². The second kappa shape index (κ2) is 2.60. The van der Waals surface area contributed by atoms with E-state index in [1.54, 1.807) is 0 Å². The van der Waals surface area contributed by atoms with Crippen molar-refractivity contribution in [2.75, 3.05) is 0 Å². The average molecular weight is 146 g/mol. The van der Waals surface area contributed by atoms with Crippen LogP contribution in [0.2, 0.25) is 0 Å². The molecular formula is C2H2FeO4. The van der Waals surface area contributed by atoms with E-state index in [1.165, 1.54) is 0 Å². The van der Waals surface area contributed by atoms with Crippen molar-refractivity contribution in [2.24, 2.45) is 0 Å². The van der Waals surface area contributed by atoms with Gasteiger partial charge in [-0.2, -0.15) is 0 Å². The van der Waals surface area contributed by atoms with Crippen LogP contribution in [0.25, 0.3) is 0 Å². The minimum atomic E-state index is -1.31. The molecule has 0 aromatic carbocycles.